The minimum absolute atomic E-state index is 0.0605. The van der Waals surface area contributed by atoms with E-state index in [1.165, 1.54) is 39.5 Å². The highest BCUT2D eigenvalue weighted by atomic mass is 32.2. The second-order valence-corrected chi connectivity index (χ2v) is 10.8. The number of benzene rings is 1. The third-order valence-corrected chi connectivity index (χ3v) is 8.68. The molecule has 0 spiro atoms. The van der Waals surface area contributed by atoms with Crippen LogP contribution < -0.4 is 10.6 Å². The monoisotopic (exact) mass is 517 g/mol. The largest absolute Gasteiger partial charge is 0.467 e. The maximum Gasteiger partial charge on any atom is 0.256 e. The Kier molecular flexibility index (Phi) is 7.63. The van der Waals surface area contributed by atoms with Gasteiger partial charge < -0.3 is 15.1 Å². The first-order valence-electron chi connectivity index (χ1n) is 11.2. The van der Waals surface area contributed by atoms with Crippen LogP contribution in [0.3, 0.4) is 0 Å². The van der Waals surface area contributed by atoms with Gasteiger partial charge in [-0.05, 0) is 36.4 Å². The smallest absolute Gasteiger partial charge is 0.256 e. The average molecular weight is 518 g/mol. The van der Waals surface area contributed by atoms with Crippen LogP contribution in [0.2, 0.25) is 0 Å². The molecule has 0 saturated carbocycles. The first kappa shape index (κ1) is 25.0. The van der Waals surface area contributed by atoms with Crippen molar-refractivity contribution in [3.8, 4) is 0 Å². The summed E-state index contributed by atoms with van der Waals surface area (Å²) in [7, 11) is -3.61. The molecule has 4 rings (SSSR count). The highest BCUT2D eigenvalue weighted by molar-refractivity contribution is 7.98. The third-order valence-electron chi connectivity index (χ3n) is 5.64. The van der Waals surface area contributed by atoms with E-state index in [0.717, 1.165) is 11.3 Å². The van der Waals surface area contributed by atoms with Gasteiger partial charge in [-0.15, -0.1) is 0 Å². The van der Waals surface area contributed by atoms with Crippen molar-refractivity contribution in [1.82, 2.24) is 19.4 Å². The van der Waals surface area contributed by atoms with E-state index < -0.39 is 15.9 Å². The lowest BCUT2D eigenvalue weighted by Crippen LogP contribution is -2.30. The quantitative estimate of drug-likeness (QED) is 0.423. The van der Waals surface area contributed by atoms with Crippen LogP contribution in [0.25, 0.3) is 0 Å². The van der Waals surface area contributed by atoms with Gasteiger partial charge in [0, 0.05) is 35.7 Å². The van der Waals surface area contributed by atoms with Crippen LogP contribution in [0, 0.1) is 0 Å². The van der Waals surface area contributed by atoms with E-state index in [4.69, 9.17) is 4.42 Å². The lowest BCUT2D eigenvalue weighted by Gasteiger charge is -2.18. The zero-order valence-electron chi connectivity index (χ0n) is 19.5. The van der Waals surface area contributed by atoms with Gasteiger partial charge in [0.2, 0.25) is 15.9 Å². The van der Waals surface area contributed by atoms with Crippen molar-refractivity contribution in [3.05, 3.63) is 65.2 Å². The predicted octanol–water partition coefficient (Wildman–Crippen LogP) is 2.82. The van der Waals surface area contributed by atoms with Gasteiger partial charge in [-0.3, -0.25) is 9.59 Å². The fourth-order valence-corrected chi connectivity index (χ4v) is 6.27. The summed E-state index contributed by atoms with van der Waals surface area (Å²) in [6.45, 7) is 4.48. The van der Waals surface area contributed by atoms with Crippen molar-refractivity contribution in [1.29, 1.82) is 0 Å². The number of sulfonamides is 1. The summed E-state index contributed by atoms with van der Waals surface area (Å²) in [6, 6.07) is 9.35. The molecule has 0 atom stereocenters. The second kappa shape index (κ2) is 10.7. The van der Waals surface area contributed by atoms with E-state index in [1.807, 2.05) is 0 Å². The molecule has 35 heavy (non-hydrogen) atoms. The van der Waals surface area contributed by atoms with Crippen LogP contribution in [-0.4, -0.2) is 47.4 Å². The topological polar surface area (TPSA) is 127 Å². The summed E-state index contributed by atoms with van der Waals surface area (Å²) in [5.74, 6) is 1.82. The van der Waals surface area contributed by atoms with E-state index in [9.17, 15) is 18.0 Å². The van der Waals surface area contributed by atoms with E-state index >= 15 is 0 Å². The van der Waals surface area contributed by atoms with E-state index in [1.54, 1.807) is 37.7 Å². The molecule has 186 valence electrons. The molecular weight excluding hydrogens is 490 g/mol. The molecule has 0 saturated heterocycles. The number of carbonyl (C=O) groups excluding carboxylic acids is 2. The number of aromatic nitrogens is 2. The van der Waals surface area contributed by atoms with Crippen molar-refractivity contribution < 1.29 is 22.4 Å². The predicted molar refractivity (Wildman–Crippen MR) is 132 cm³/mol. The fraction of sp³-hybridized carbons (Fsp3) is 0.348. The van der Waals surface area contributed by atoms with Gasteiger partial charge in [0.25, 0.3) is 5.91 Å². The average Bonchev–Trinajstić information content (AvgIpc) is 3.58. The molecule has 1 aromatic carbocycles. The molecule has 3 aromatic rings. The minimum Gasteiger partial charge on any atom is -0.467 e. The molecule has 0 fully saturated rings. The highest BCUT2D eigenvalue weighted by Gasteiger charge is 2.26. The zero-order valence-corrected chi connectivity index (χ0v) is 21.1. The highest BCUT2D eigenvalue weighted by Crippen LogP contribution is 2.35. The number of hydrogen-bond donors (Lipinski definition) is 2. The number of nitrogens with one attached hydrogen (secondary N) is 2. The number of hydrogen-bond acceptors (Lipinski definition) is 7. The molecule has 10 nitrogen and oxygen atoms in total. The number of thioether (sulfide) groups is 1. The van der Waals surface area contributed by atoms with E-state index in [2.05, 4.69) is 15.7 Å². The Morgan fingerprint density at radius 3 is 2.54 bits per heavy atom. The standard InChI is InChI=1S/C23H27N5O5S2/c1-3-27(4-2)35(31,32)18-9-7-16(8-10-18)23(30)25-22-19-14-34-15-20(19)26-28(22)13-21(29)24-12-17-6-5-11-33-17/h5-11H,3-4,12-15H2,1-2H3,(H,24,29)(H,25,30). The maximum atomic E-state index is 13.0. The van der Waals surface area contributed by atoms with Crippen molar-refractivity contribution in [2.24, 2.45) is 0 Å². The Balaban J connectivity index is 1.48. The normalized spacial score (nSPS) is 13.1. The van der Waals surface area contributed by atoms with Gasteiger partial charge in [0.1, 0.15) is 18.1 Å². The number of anilines is 1. The number of rotatable bonds is 10. The molecule has 12 heteroatoms. The molecule has 3 heterocycles. The summed E-state index contributed by atoms with van der Waals surface area (Å²) in [6.07, 6.45) is 1.54. The molecular formula is C23H27N5O5S2. The van der Waals surface area contributed by atoms with Crippen LogP contribution in [-0.2, 0) is 39.4 Å². The number of nitrogens with zero attached hydrogens (tertiary/aromatic N) is 3. The molecule has 2 aromatic heterocycles. The Morgan fingerprint density at radius 1 is 1.14 bits per heavy atom. The lowest BCUT2D eigenvalue weighted by atomic mass is 10.2. The molecule has 0 radical (unpaired) electrons. The summed E-state index contributed by atoms with van der Waals surface area (Å²) in [5, 5.41) is 10.2. The Morgan fingerprint density at radius 2 is 1.89 bits per heavy atom. The van der Waals surface area contributed by atoms with Crippen LogP contribution in [0.1, 0.15) is 41.2 Å². The number of amides is 2. The summed E-state index contributed by atoms with van der Waals surface area (Å²) >= 11 is 1.68. The van der Waals surface area contributed by atoms with Gasteiger partial charge in [0.05, 0.1) is 23.4 Å². The van der Waals surface area contributed by atoms with Crippen molar-refractivity contribution in [3.63, 3.8) is 0 Å². The molecule has 1 aliphatic heterocycles. The van der Waals surface area contributed by atoms with Crippen LogP contribution in [0.4, 0.5) is 5.82 Å². The van der Waals surface area contributed by atoms with Gasteiger partial charge in [-0.1, -0.05) is 13.8 Å². The zero-order chi connectivity index (χ0) is 25.0. The molecule has 1 aliphatic rings. The lowest BCUT2D eigenvalue weighted by molar-refractivity contribution is -0.122. The van der Waals surface area contributed by atoms with Crippen LogP contribution >= 0.6 is 11.8 Å². The number of furan rings is 1. The summed E-state index contributed by atoms with van der Waals surface area (Å²) in [5.41, 5.74) is 2.03. The van der Waals surface area contributed by atoms with Gasteiger partial charge in [0.15, 0.2) is 0 Å². The van der Waals surface area contributed by atoms with Crippen LogP contribution in [0.15, 0.2) is 52.0 Å². The second-order valence-electron chi connectivity index (χ2n) is 7.85. The van der Waals surface area contributed by atoms with E-state index in [-0.39, 0.29) is 23.9 Å². The molecule has 0 unspecified atom stereocenters. The minimum atomic E-state index is -3.61. The molecule has 2 amide bonds. The molecule has 0 aliphatic carbocycles. The SMILES string of the molecule is CCN(CC)S(=O)(=O)c1ccc(C(=O)Nc2c3c(nn2CC(=O)NCc2ccco2)CSC3)cc1. The molecule has 0 bridgehead atoms. The van der Waals surface area contributed by atoms with Gasteiger partial charge in [-0.25, -0.2) is 13.1 Å². The Bertz CT molecular complexity index is 1300. The first-order chi connectivity index (χ1) is 16.8. The first-order valence-corrected chi connectivity index (χ1v) is 13.8. The van der Waals surface area contributed by atoms with Crippen LogP contribution in [0.5, 0.6) is 0 Å². The Labute approximate surface area is 208 Å². The fourth-order valence-electron chi connectivity index (χ4n) is 3.78. The number of carbonyl (C=O) groups is 2. The van der Waals surface area contributed by atoms with Crippen molar-refractivity contribution >= 4 is 39.4 Å². The summed E-state index contributed by atoms with van der Waals surface area (Å²) in [4.78, 5) is 25.6. The number of fused-ring (bicyclic) bond motifs is 1. The van der Waals surface area contributed by atoms with Crippen molar-refractivity contribution in [2.75, 3.05) is 18.4 Å². The maximum absolute atomic E-state index is 13.0. The summed E-state index contributed by atoms with van der Waals surface area (Å²) < 4.78 is 33.5. The molecule has 2 N–H and O–H groups in total. The Hall–Kier alpha value is -3.09. The third kappa shape index (κ3) is 5.44. The van der Waals surface area contributed by atoms with Gasteiger partial charge in [-0.2, -0.15) is 21.2 Å². The van der Waals surface area contributed by atoms with E-state index in [0.29, 0.717) is 41.7 Å². The van der Waals surface area contributed by atoms with Crippen molar-refractivity contribution in [2.45, 2.75) is 43.3 Å². The van der Waals surface area contributed by atoms with Gasteiger partial charge >= 0.3 is 0 Å².